The second-order valence-electron chi connectivity index (χ2n) is 8.49. The molecule has 6 unspecified atom stereocenters. The summed E-state index contributed by atoms with van der Waals surface area (Å²) in [7, 11) is 0. The molecule has 114 valence electrons. The maximum atomic E-state index is 11.7. The van der Waals surface area contributed by atoms with Crippen LogP contribution in [0.1, 0.15) is 12.8 Å². The molecule has 2 saturated carbocycles. The van der Waals surface area contributed by atoms with E-state index in [0.29, 0.717) is 35.5 Å². The van der Waals surface area contributed by atoms with Crippen LogP contribution in [0.3, 0.4) is 0 Å². The van der Waals surface area contributed by atoms with Crippen LogP contribution in [0.5, 0.6) is 0 Å². The van der Waals surface area contributed by atoms with E-state index in [-0.39, 0.29) is 11.8 Å². The molecule has 2 fully saturated rings. The Bertz CT molecular complexity index is 615. The summed E-state index contributed by atoms with van der Waals surface area (Å²) in [5, 5.41) is 23.4. The second-order valence-corrected chi connectivity index (χ2v) is 8.49. The Morgan fingerprint density at radius 3 is 1.45 bits per heavy atom. The van der Waals surface area contributed by atoms with E-state index in [9.17, 15) is 10.2 Å². The third-order valence-corrected chi connectivity index (χ3v) is 7.90. The van der Waals surface area contributed by atoms with Crippen molar-refractivity contribution in [3.8, 4) is 0 Å². The molecule has 22 heavy (non-hydrogen) atoms. The van der Waals surface area contributed by atoms with E-state index in [0.717, 1.165) is 12.8 Å². The molecular formula is C20H22O2. The monoisotopic (exact) mass is 294 g/mol. The lowest BCUT2D eigenvalue weighted by Crippen LogP contribution is -2.59. The Balaban J connectivity index is 1.47. The molecule has 0 radical (unpaired) electrons. The zero-order valence-electron chi connectivity index (χ0n) is 12.5. The van der Waals surface area contributed by atoms with Crippen molar-refractivity contribution in [1.82, 2.24) is 0 Å². The van der Waals surface area contributed by atoms with Crippen molar-refractivity contribution in [3.63, 3.8) is 0 Å². The molecule has 6 aliphatic carbocycles. The third-order valence-electron chi connectivity index (χ3n) is 7.90. The van der Waals surface area contributed by atoms with Gasteiger partial charge in [0.25, 0.3) is 0 Å². The van der Waals surface area contributed by atoms with Gasteiger partial charge >= 0.3 is 0 Å². The van der Waals surface area contributed by atoms with Gasteiger partial charge in [0, 0.05) is 11.8 Å². The Labute approximate surface area is 130 Å². The topological polar surface area (TPSA) is 40.5 Å². The largest absolute Gasteiger partial charge is 0.386 e. The molecule has 0 aromatic carbocycles. The first-order valence-electron chi connectivity index (χ1n) is 8.80. The molecule has 10 atom stereocenters. The van der Waals surface area contributed by atoms with Crippen LogP contribution in [0.15, 0.2) is 48.6 Å². The van der Waals surface area contributed by atoms with Crippen molar-refractivity contribution in [3.05, 3.63) is 48.6 Å². The van der Waals surface area contributed by atoms with E-state index < -0.39 is 11.2 Å². The summed E-state index contributed by atoms with van der Waals surface area (Å²) in [4.78, 5) is 0. The Morgan fingerprint density at radius 1 is 0.591 bits per heavy atom. The molecule has 0 bridgehead atoms. The lowest BCUT2D eigenvalue weighted by molar-refractivity contribution is -0.180. The predicted molar refractivity (Wildman–Crippen MR) is 83.6 cm³/mol. The molecule has 0 aromatic rings. The van der Waals surface area contributed by atoms with Crippen LogP contribution in [0.4, 0.5) is 0 Å². The molecule has 0 heterocycles. The van der Waals surface area contributed by atoms with Crippen LogP contribution in [0, 0.1) is 47.3 Å². The first kappa shape index (κ1) is 12.3. The van der Waals surface area contributed by atoms with Gasteiger partial charge in [-0.2, -0.15) is 0 Å². The summed E-state index contributed by atoms with van der Waals surface area (Å²) in [5.41, 5.74) is -1.92. The highest BCUT2D eigenvalue weighted by molar-refractivity contribution is 5.37. The number of hydrogen-bond donors (Lipinski definition) is 2. The summed E-state index contributed by atoms with van der Waals surface area (Å²) < 4.78 is 0. The molecule has 0 aromatic heterocycles. The molecule has 2 nitrogen and oxygen atoms in total. The summed E-state index contributed by atoms with van der Waals surface area (Å²) in [6, 6.07) is 0. The quantitative estimate of drug-likeness (QED) is 0.729. The van der Waals surface area contributed by atoms with Gasteiger partial charge in [0.05, 0.1) is 0 Å². The van der Waals surface area contributed by atoms with Crippen LogP contribution in [0.2, 0.25) is 0 Å². The first-order valence-corrected chi connectivity index (χ1v) is 8.80. The maximum Gasteiger partial charge on any atom is 0.101 e. The average Bonchev–Trinajstić information content (AvgIpc) is 3.24. The third kappa shape index (κ3) is 1.11. The summed E-state index contributed by atoms with van der Waals surface area (Å²) in [5.74, 6) is 3.08. The van der Waals surface area contributed by atoms with E-state index in [1.54, 1.807) is 0 Å². The molecule has 2 N–H and O–H groups in total. The number of hydrogen-bond acceptors (Lipinski definition) is 2. The second kappa shape index (κ2) is 3.52. The number of allylic oxidation sites excluding steroid dienone is 6. The molecule has 6 rings (SSSR count). The number of aliphatic hydroxyl groups is 2. The molecular weight excluding hydrogens is 272 g/mol. The number of rotatable bonds is 1. The van der Waals surface area contributed by atoms with Crippen LogP contribution in [-0.4, -0.2) is 21.4 Å². The minimum absolute atomic E-state index is 0.123. The fraction of sp³-hybridized carbons (Fsp3) is 0.600. The van der Waals surface area contributed by atoms with E-state index in [2.05, 4.69) is 48.6 Å². The van der Waals surface area contributed by atoms with Crippen LogP contribution >= 0.6 is 0 Å². The zero-order valence-corrected chi connectivity index (χ0v) is 12.5. The first-order chi connectivity index (χ1) is 10.6. The summed E-state index contributed by atoms with van der Waals surface area (Å²) in [6.45, 7) is 0. The highest BCUT2D eigenvalue weighted by Crippen LogP contribution is 2.66. The fourth-order valence-electron chi connectivity index (χ4n) is 7.06. The highest BCUT2D eigenvalue weighted by atomic mass is 16.4. The SMILES string of the molecule is O[C@@]1([C@]2(O)CC3C=CC4C=CC2[C@H]43)CC2C=CC3C=CC1[C@H]32. The Kier molecular flexibility index (Phi) is 1.97. The van der Waals surface area contributed by atoms with Crippen molar-refractivity contribution in [2.75, 3.05) is 0 Å². The predicted octanol–water partition coefficient (Wildman–Crippen LogP) is 2.46. The lowest BCUT2D eigenvalue weighted by Gasteiger charge is -2.45. The Morgan fingerprint density at radius 2 is 1.00 bits per heavy atom. The van der Waals surface area contributed by atoms with E-state index in [4.69, 9.17) is 0 Å². The van der Waals surface area contributed by atoms with Crippen molar-refractivity contribution in [2.45, 2.75) is 24.0 Å². The van der Waals surface area contributed by atoms with Gasteiger partial charge in [-0.15, -0.1) is 0 Å². The van der Waals surface area contributed by atoms with Crippen molar-refractivity contribution in [2.24, 2.45) is 47.3 Å². The van der Waals surface area contributed by atoms with Gasteiger partial charge in [0.15, 0.2) is 0 Å². The van der Waals surface area contributed by atoms with Crippen LogP contribution in [0.25, 0.3) is 0 Å². The summed E-state index contributed by atoms with van der Waals surface area (Å²) >= 11 is 0. The standard InChI is InChI=1S/C20H22O2/c21-19(9-13-3-1-11-5-7-15(19)17(11)13)20(22)10-14-4-2-12-6-8-16(20)18(12)14/h1-8,11-18,21-22H,9-10H2/t11?,12?,13?,14?,15?,16?,17-,18-,19+,20+/m1/s1. The highest BCUT2D eigenvalue weighted by Gasteiger charge is 2.70. The normalized spacial score (nSPS) is 65.0. The fourth-order valence-corrected chi connectivity index (χ4v) is 7.06. The van der Waals surface area contributed by atoms with Crippen molar-refractivity contribution >= 4 is 0 Å². The van der Waals surface area contributed by atoms with E-state index >= 15 is 0 Å². The van der Waals surface area contributed by atoms with Crippen molar-refractivity contribution in [1.29, 1.82) is 0 Å². The van der Waals surface area contributed by atoms with Gasteiger partial charge in [0.1, 0.15) is 11.2 Å². The molecule has 0 spiro atoms. The van der Waals surface area contributed by atoms with Gasteiger partial charge in [-0.1, -0.05) is 48.6 Å². The molecule has 0 amide bonds. The van der Waals surface area contributed by atoms with E-state index in [1.807, 2.05) is 0 Å². The van der Waals surface area contributed by atoms with Crippen molar-refractivity contribution < 1.29 is 10.2 Å². The van der Waals surface area contributed by atoms with Gasteiger partial charge in [-0.05, 0) is 48.3 Å². The zero-order chi connectivity index (χ0) is 14.7. The molecule has 0 saturated heterocycles. The molecule has 2 heteroatoms. The minimum Gasteiger partial charge on any atom is -0.386 e. The van der Waals surface area contributed by atoms with Gasteiger partial charge in [0.2, 0.25) is 0 Å². The average molecular weight is 294 g/mol. The molecule has 0 aliphatic heterocycles. The van der Waals surface area contributed by atoms with Gasteiger partial charge < -0.3 is 10.2 Å². The minimum atomic E-state index is -0.958. The smallest absolute Gasteiger partial charge is 0.101 e. The van der Waals surface area contributed by atoms with E-state index in [1.165, 1.54) is 0 Å². The molecule has 6 aliphatic rings. The van der Waals surface area contributed by atoms with Crippen LogP contribution < -0.4 is 0 Å². The van der Waals surface area contributed by atoms with Crippen LogP contribution in [-0.2, 0) is 0 Å². The lowest BCUT2D eigenvalue weighted by atomic mass is 9.68. The maximum absolute atomic E-state index is 11.7. The van der Waals surface area contributed by atoms with Gasteiger partial charge in [-0.25, -0.2) is 0 Å². The van der Waals surface area contributed by atoms with Gasteiger partial charge in [-0.3, -0.25) is 0 Å². The summed E-state index contributed by atoms with van der Waals surface area (Å²) in [6.07, 6.45) is 19.5. The Hall–Kier alpha value is -1.12.